The predicted molar refractivity (Wildman–Crippen MR) is 85.7 cm³/mol. The van der Waals surface area contributed by atoms with Crippen LogP contribution in [-0.4, -0.2) is 30.0 Å². The van der Waals surface area contributed by atoms with Crippen molar-refractivity contribution in [2.24, 2.45) is 0 Å². The Morgan fingerprint density at radius 2 is 1.91 bits per heavy atom. The second-order valence-electron chi connectivity index (χ2n) is 4.76. The van der Waals surface area contributed by atoms with Gasteiger partial charge in [-0.15, -0.1) is 0 Å². The lowest BCUT2D eigenvalue weighted by atomic mass is 10.1. The van der Waals surface area contributed by atoms with Crippen molar-refractivity contribution in [3.05, 3.63) is 58.3 Å². The zero-order valence-electron chi connectivity index (χ0n) is 12.0. The second kappa shape index (κ2) is 8.31. The van der Waals surface area contributed by atoms with Crippen LogP contribution in [0.25, 0.3) is 0 Å². The predicted octanol–water partition coefficient (Wildman–Crippen LogP) is 1.72. The highest BCUT2D eigenvalue weighted by atomic mass is 32.1. The lowest BCUT2D eigenvalue weighted by Gasteiger charge is -2.11. The molecule has 0 spiro atoms. The third-order valence-corrected chi connectivity index (χ3v) is 3.80. The maximum atomic E-state index is 11.7. The molecule has 1 heterocycles. The van der Waals surface area contributed by atoms with Crippen LogP contribution in [0, 0.1) is 0 Å². The van der Waals surface area contributed by atoms with E-state index >= 15 is 0 Å². The molecule has 22 heavy (non-hydrogen) atoms. The van der Waals surface area contributed by atoms with E-state index in [1.807, 2.05) is 30.3 Å². The van der Waals surface area contributed by atoms with Gasteiger partial charge in [0.15, 0.2) is 0 Å². The van der Waals surface area contributed by atoms with Crippen molar-refractivity contribution >= 4 is 23.2 Å². The summed E-state index contributed by atoms with van der Waals surface area (Å²) >= 11 is 1.43. The molecule has 0 aliphatic rings. The standard InChI is InChI=1S/C16H18N2O3S/c19-14(12-4-2-1-3-5-12)6-8-17-15(20)10-18-16(21)13-7-9-22-11-13/h1-5,7,9,11,14,19H,6,8,10H2,(H,17,20)(H,18,21). The monoisotopic (exact) mass is 318 g/mol. The summed E-state index contributed by atoms with van der Waals surface area (Å²) in [6, 6.07) is 11.0. The van der Waals surface area contributed by atoms with Crippen LogP contribution in [0.15, 0.2) is 47.2 Å². The minimum atomic E-state index is -0.609. The van der Waals surface area contributed by atoms with E-state index in [0.717, 1.165) is 5.56 Å². The fourth-order valence-corrected chi connectivity index (χ4v) is 2.54. The van der Waals surface area contributed by atoms with E-state index in [2.05, 4.69) is 10.6 Å². The number of hydrogen-bond acceptors (Lipinski definition) is 4. The van der Waals surface area contributed by atoms with Crippen LogP contribution >= 0.6 is 11.3 Å². The normalized spacial score (nSPS) is 11.7. The Balaban J connectivity index is 1.65. The molecule has 0 aliphatic carbocycles. The van der Waals surface area contributed by atoms with Crippen molar-refractivity contribution in [1.29, 1.82) is 0 Å². The Kier molecular flexibility index (Phi) is 6.12. The van der Waals surface area contributed by atoms with E-state index in [1.54, 1.807) is 16.8 Å². The molecular weight excluding hydrogens is 300 g/mol. The molecule has 116 valence electrons. The number of benzene rings is 1. The number of carbonyl (C=O) groups is 2. The molecule has 2 amide bonds. The maximum absolute atomic E-state index is 11.7. The Labute approximate surface area is 133 Å². The van der Waals surface area contributed by atoms with Crippen LogP contribution < -0.4 is 10.6 Å². The van der Waals surface area contributed by atoms with Gasteiger partial charge in [-0.05, 0) is 23.4 Å². The number of amides is 2. The number of hydrogen-bond donors (Lipinski definition) is 3. The molecule has 2 aromatic rings. The molecule has 1 unspecified atom stereocenters. The summed E-state index contributed by atoms with van der Waals surface area (Å²) in [5, 5.41) is 18.7. The number of thiophene rings is 1. The van der Waals surface area contributed by atoms with Crippen molar-refractivity contribution in [2.45, 2.75) is 12.5 Å². The van der Waals surface area contributed by atoms with Gasteiger partial charge in [0.05, 0.1) is 12.6 Å². The highest BCUT2D eigenvalue weighted by Crippen LogP contribution is 2.14. The molecule has 3 N–H and O–H groups in total. The molecule has 2 rings (SSSR count). The molecule has 0 aliphatic heterocycles. The van der Waals surface area contributed by atoms with Crippen LogP contribution in [0.2, 0.25) is 0 Å². The molecule has 1 aromatic heterocycles. The summed E-state index contributed by atoms with van der Waals surface area (Å²) < 4.78 is 0. The zero-order chi connectivity index (χ0) is 15.8. The van der Waals surface area contributed by atoms with Crippen LogP contribution in [-0.2, 0) is 4.79 Å². The summed E-state index contributed by atoms with van der Waals surface area (Å²) in [7, 11) is 0. The Hall–Kier alpha value is -2.18. The van der Waals surface area contributed by atoms with Crippen LogP contribution in [0.5, 0.6) is 0 Å². The molecule has 1 aromatic carbocycles. The molecule has 1 atom stereocenters. The van der Waals surface area contributed by atoms with Crippen LogP contribution in [0.4, 0.5) is 0 Å². The van der Waals surface area contributed by atoms with Crippen molar-refractivity contribution in [1.82, 2.24) is 10.6 Å². The van der Waals surface area contributed by atoms with E-state index < -0.39 is 6.10 Å². The fourth-order valence-electron chi connectivity index (χ4n) is 1.91. The van der Waals surface area contributed by atoms with Gasteiger partial charge in [-0.2, -0.15) is 11.3 Å². The maximum Gasteiger partial charge on any atom is 0.252 e. The Bertz CT molecular complexity index is 599. The minimum absolute atomic E-state index is 0.0733. The van der Waals surface area contributed by atoms with Gasteiger partial charge in [-0.3, -0.25) is 9.59 Å². The largest absolute Gasteiger partial charge is 0.388 e. The van der Waals surface area contributed by atoms with E-state index in [9.17, 15) is 14.7 Å². The number of rotatable bonds is 7. The first-order chi connectivity index (χ1) is 10.7. The first-order valence-corrected chi connectivity index (χ1v) is 7.91. The summed E-state index contributed by atoms with van der Waals surface area (Å²) in [6.45, 7) is 0.277. The number of carbonyl (C=O) groups excluding carboxylic acids is 2. The van der Waals surface area contributed by atoms with E-state index in [1.165, 1.54) is 11.3 Å². The van der Waals surface area contributed by atoms with Gasteiger partial charge >= 0.3 is 0 Å². The number of aliphatic hydroxyl groups excluding tert-OH is 1. The lowest BCUT2D eigenvalue weighted by molar-refractivity contribution is -0.120. The SMILES string of the molecule is O=C(CNC(=O)c1ccsc1)NCCC(O)c1ccccc1. The van der Waals surface area contributed by atoms with Crippen molar-refractivity contribution in [2.75, 3.05) is 13.1 Å². The summed E-state index contributed by atoms with van der Waals surface area (Å²) in [4.78, 5) is 23.3. The minimum Gasteiger partial charge on any atom is -0.388 e. The van der Waals surface area contributed by atoms with Gasteiger partial charge in [0.25, 0.3) is 5.91 Å². The molecule has 0 saturated heterocycles. The van der Waals surface area contributed by atoms with E-state index in [0.29, 0.717) is 18.5 Å². The first-order valence-electron chi connectivity index (χ1n) is 6.97. The Morgan fingerprint density at radius 1 is 1.14 bits per heavy atom. The molecule has 0 radical (unpaired) electrons. The number of nitrogens with one attached hydrogen (secondary N) is 2. The van der Waals surface area contributed by atoms with Crippen LogP contribution in [0.3, 0.4) is 0 Å². The van der Waals surface area contributed by atoms with E-state index in [4.69, 9.17) is 0 Å². The van der Waals surface area contributed by atoms with Gasteiger partial charge < -0.3 is 15.7 Å². The summed E-state index contributed by atoms with van der Waals surface area (Å²) in [5.74, 6) is -0.537. The average molecular weight is 318 g/mol. The Morgan fingerprint density at radius 3 is 2.59 bits per heavy atom. The second-order valence-corrected chi connectivity index (χ2v) is 5.54. The number of aliphatic hydroxyl groups is 1. The van der Waals surface area contributed by atoms with Crippen molar-refractivity contribution < 1.29 is 14.7 Å². The van der Waals surface area contributed by atoms with Gasteiger partial charge in [0.2, 0.25) is 5.91 Å². The summed E-state index contributed by atoms with van der Waals surface area (Å²) in [6.07, 6.45) is -0.185. The molecular formula is C16H18N2O3S. The molecule has 0 saturated carbocycles. The molecule has 0 bridgehead atoms. The zero-order valence-corrected chi connectivity index (χ0v) is 12.8. The fraction of sp³-hybridized carbons (Fsp3) is 0.250. The highest BCUT2D eigenvalue weighted by Gasteiger charge is 2.10. The van der Waals surface area contributed by atoms with Crippen LogP contribution in [0.1, 0.15) is 28.4 Å². The quantitative estimate of drug-likeness (QED) is 0.727. The van der Waals surface area contributed by atoms with Crippen molar-refractivity contribution in [3.8, 4) is 0 Å². The molecule has 0 fully saturated rings. The molecule has 5 nitrogen and oxygen atoms in total. The average Bonchev–Trinajstić information content (AvgIpc) is 3.08. The first kappa shape index (κ1) is 16.2. The van der Waals surface area contributed by atoms with Crippen molar-refractivity contribution in [3.63, 3.8) is 0 Å². The topological polar surface area (TPSA) is 78.4 Å². The van der Waals surface area contributed by atoms with E-state index in [-0.39, 0.29) is 18.4 Å². The van der Waals surface area contributed by atoms with Gasteiger partial charge in [0, 0.05) is 17.5 Å². The molecule has 6 heteroatoms. The lowest BCUT2D eigenvalue weighted by Crippen LogP contribution is -2.37. The van der Waals surface area contributed by atoms with Gasteiger partial charge in [-0.1, -0.05) is 30.3 Å². The van der Waals surface area contributed by atoms with Gasteiger partial charge in [0.1, 0.15) is 0 Å². The highest BCUT2D eigenvalue weighted by molar-refractivity contribution is 7.08. The smallest absolute Gasteiger partial charge is 0.252 e. The summed E-state index contributed by atoms with van der Waals surface area (Å²) in [5.41, 5.74) is 1.37. The van der Waals surface area contributed by atoms with Gasteiger partial charge in [-0.25, -0.2) is 0 Å². The third-order valence-electron chi connectivity index (χ3n) is 3.12. The third kappa shape index (κ3) is 4.98.